The molecule has 1 unspecified atom stereocenters. The predicted octanol–water partition coefficient (Wildman–Crippen LogP) is 3.03. The van der Waals surface area contributed by atoms with Crippen LogP contribution in [0.15, 0.2) is 54.6 Å². The van der Waals surface area contributed by atoms with Crippen LogP contribution in [0.1, 0.15) is 0 Å². The van der Waals surface area contributed by atoms with Gasteiger partial charge >= 0.3 is 5.97 Å². The fourth-order valence-electron chi connectivity index (χ4n) is 2.55. The van der Waals surface area contributed by atoms with Crippen LogP contribution in [0.25, 0.3) is 0 Å². The fraction of sp³-hybridized carbons (Fsp3) is 0.167. The number of anilines is 2. The lowest BCUT2D eigenvalue weighted by atomic mass is 10.2. The number of hydrogen-bond acceptors (Lipinski definition) is 6. The van der Waals surface area contributed by atoms with Gasteiger partial charge in [0.05, 0.1) is 12.8 Å². The van der Waals surface area contributed by atoms with E-state index in [1.807, 2.05) is 0 Å². The molecule has 0 saturated carbocycles. The summed E-state index contributed by atoms with van der Waals surface area (Å²) in [6, 6.07) is 13.9. The molecule has 0 spiro atoms. The van der Waals surface area contributed by atoms with E-state index in [0.29, 0.717) is 5.69 Å². The molecule has 1 aliphatic rings. The highest BCUT2D eigenvalue weighted by molar-refractivity contribution is 8.16. The average molecular weight is 374 g/mol. The Labute approximate surface area is 153 Å². The number of carbonyl (C=O) groups is 3. The van der Waals surface area contributed by atoms with E-state index in [4.69, 9.17) is 4.74 Å². The maximum absolute atomic E-state index is 13.1. The number of hydrogen-bond donors (Lipinski definition) is 0. The number of imide groups is 1. The zero-order valence-corrected chi connectivity index (χ0v) is 14.6. The number of amides is 2. The molecule has 3 rings (SSSR count). The first-order valence-electron chi connectivity index (χ1n) is 7.70. The summed E-state index contributed by atoms with van der Waals surface area (Å²) in [4.78, 5) is 39.6. The third kappa shape index (κ3) is 3.55. The molecule has 0 N–H and O–H groups in total. The quantitative estimate of drug-likeness (QED) is 0.750. The predicted molar refractivity (Wildman–Crippen MR) is 96.5 cm³/mol. The minimum atomic E-state index is -0.922. The van der Waals surface area contributed by atoms with Crippen molar-refractivity contribution in [2.45, 2.75) is 5.37 Å². The molecule has 1 atom stereocenters. The van der Waals surface area contributed by atoms with Crippen molar-refractivity contribution in [2.24, 2.45) is 0 Å². The number of thioether (sulfide) groups is 1. The number of carbonyl (C=O) groups excluding carboxylic acids is 3. The van der Waals surface area contributed by atoms with Crippen molar-refractivity contribution in [2.75, 3.05) is 23.5 Å². The van der Waals surface area contributed by atoms with Gasteiger partial charge < -0.3 is 9.64 Å². The Balaban J connectivity index is 1.92. The smallest absolute Gasteiger partial charge is 0.325 e. The Kier molecular flexibility index (Phi) is 5.22. The van der Waals surface area contributed by atoms with Crippen LogP contribution in [0.4, 0.5) is 20.6 Å². The van der Waals surface area contributed by atoms with Crippen molar-refractivity contribution < 1.29 is 23.5 Å². The molecular formula is C18H15FN2O4S. The van der Waals surface area contributed by atoms with Crippen LogP contribution in [0.5, 0.6) is 0 Å². The van der Waals surface area contributed by atoms with Gasteiger partial charge in [-0.15, -0.1) is 0 Å². The highest BCUT2D eigenvalue weighted by Crippen LogP contribution is 2.35. The molecule has 1 fully saturated rings. The zero-order valence-electron chi connectivity index (χ0n) is 13.8. The first-order chi connectivity index (χ1) is 12.5. The van der Waals surface area contributed by atoms with Gasteiger partial charge in [0.15, 0.2) is 5.37 Å². The Morgan fingerprint density at radius 2 is 1.81 bits per heavy atom. The van der Waals surface area contributed by atoms with Crippen molar-refractivity contribution in [3.05, 3.63) is 60.4 Å². The number of para-hydroxylation sites is 1. The van der Waals surface area contributed by atoms with Crippen molar-refractivity contribution in [3.8, 4) is 0 Å². The minimum Gasteiger partial charge on any atom is -0.468 e. The minimum absolute atomic E-state index is 0.186. The molecule has 0 aromatic heterocycles. The summed E-state index contributed by atoms with van der Waals surface area (Å²) >= 11 is 0.798. The molecule has 1 heterocycles. The Morgan fingerprint density at radius 3 is 2.42 bits per heavy atom. The average Bonchev–Trinajstić information content (AvgIpc) is 2.95. The summed E-state index contributed by atoms with van der Waals surface area (Å²) in [6.45, 7) is -0.186. The summed E-state index contributed by atoms with van der Waals surface area (Å²) in [5, 5.41) is -1.41. The van der Waals surface area contributed by atoms with E-state index in [1.165, 1.54) is 36.3 Å². The van der Waals surface area contributed by atoms with E-state index in [1.54, 1.807) is 30.3 Å². The van der Waals surface area contributed by atoms with E-state index >= 15 is 0 Å². The third-order valence-corrected chi connectivity index (χ3v) is 4.87. The van der Waals surface area contributed by atoms with Gasteiger partial charge in [-0.25, -0.2) is 9.29 Å². The molecule has 6 nitrogen and oxygen atoms in total. The van der Waals surface area contributed by atoms with Crippen LogP contribution in [-0.4, -0.2) is 36.1 Å². The molecule has 0 radical (unpaired) electrons. The number of ether oxygens (including phenoxy) is 1. The second-order valence-corrected chi connectivity index (χ2v) is 6.46. The Bertz CT molecular complexity index is 829. The van der Waals surface area contributed by atoms with E-state index in [2.05, 4.69) is 0 Å². The van der Waals surface area contributed by atoms with Crippen LogP contribution in [-0.2, 0) is 14.3 Å². The molecule has 8 heteroatoms. The molecule has 0 bridgehead atoms. The zero-order chi connectivity index (χ0) is 18.7. The SMILES string of the molecule is COC(=O)CN(c1ccccc1)C1SC(=O)N(c2ccc(F)cc2)C1=O. The van der Waals surface area contributed by atoms with Crippen LogP contribution in [0, 0.1) is 5.82 Å². The van der Waals surface area contributed by atoms with E-state index < -0.39 is 28.3 Å². The number of rotatable bonds is 5. The monoisotopic (exact) mass is 374 g/mol. The van der Waals surface area contributed by atoms with Gasteiger partial charge in [-0.05, 0) is 48.2 Å². The van der Waals surface area contributed by atoms with Crippen molar-refractivity contribution in [1.29, 1.82) is 0 Å². The second kappa shape index (κ2) is 7.57. The van der Waals surface area contributed by atoms with Gasteiger partial charge in [0.25, 0.3) is 11.1 Å². The first-order valence-corrected chi connectivity index (χ1v) is 8.58. The normalized spacial score (nSPS) is 16.7. The van der Waals surface area contributed by atoms with Gasteiger partial charge in [-0.1, -0.05) is 18.2 Å². The first kappa shape index (κ1) is 17.9. The summed E-state index contributed by atoms with van der Waals surface area (Å²) in [5.74, 6) is -1.50. The second-order valence-electron chi connectivity index (χ2n) is 5.43. The third-order valence-electron chi connectivity index (χ3n) is 3.81. The van der Waals surface area contributed by atoms with E-state index in [-0.39, 0.29) is 12.2 Å². The highest BCUT2D eigenvalue weighted by Gasteiger charge is 2.44. The summed E-state index contributed by atoms with van der Waals surface area (Å²) in [7, 11) is 1.26. The van der Waals surface area contributed by atoms with E-state index in [0.717, 1.165) is 16.7 Å². The molecule has 2 aromatic rings. The number of halogens is 1. The molecule has 2 aromatic carbocycles. The van der Waals surface area contributed by atoms with Gasteiger partial charge in [-0.2, -0.15) is 0 Å². The number of methoxy groups -OCH3 is 1. The lowest BCUT2D eigenvalue weighted by Gasteiger charge is -2.27. The fourth-order valence-corrected chi connectivity index (χ4v) is 3.57. The molecule has 1 aliphatic heterocycles. The lowest BCUT2D eigenvalue weighted by Crippen LogP contribution is -2.44. The van der Waals surface area contributed by atoms with Crippen molar-refractivity contribution in [1.82, 2.24) is 0 Å². The largest absolute Gasteiger partial charge is 0.468 e. The van der Waals surface area contributed by atoms with Gasteiger partial charge in [0.2, 0.25) is 0 Å². The van der Waals surface area contributed by atoms with Crippen LogP contribution in [0.2, 0.25) is 0 Å². The standard InChI is InChI=1S/C18H15FN2O4S/c1-25-15(22)11-20(13-5-3-2-4-6-13)17-16(23)21(18(24)26-17)14-9-7-12(19)8-10-14/h2-10,17H,11H2,1H3. The lowest BCUT2D eigenvalue weighted by molar-refractivity contribution is -0.139. The molecule has 26 heavy (non-hydrogen) atoms. The van der Waals surface area contributed by atoms with Crippen molar-refractivity contribution in [3.63, 3.8) is 0 Å². The summed E-state index contributed by atoms with van der Waals surface area (Å²) < 4.78 is 17.8. The molecule has 134 valence electrons. The number of nitrogens with zero attached hydrogens (tertiary/aromatic N) is 2. The molecule has 1 saturated heterocycles. The topological polar surface area (TPSA) is 66.9 Å². The molecular weight excluding hydrogens is 359 g/mol. The maximum Gasteiger partial charge on any atom is 0.325 e. The van der Waals surface area contributed by atoms with E-state index in [9.17, 15) is 18.8 Å². The van der Waals surface area contributed by atoms with Crippen LogP contribution < -0.4 is 9.80 Å². The highest BCUT2D eigenvalue weighted by atomic mass is 32.2. The Morgan fingerprint density at radius 1 is 1.15 bits per heavy atom. The number of esters is 1. The van der Waals surface area contributed by atoms with Gasteiger partial charge in [0.1, 0.15) is 12.4 Å². The number of benzene rings is 2. The van der Waals surface area contributed by atoms with Crippen molar-refractivity contribution >= 4 is 40.3 Å². The molecule has 0 aliphatic carbocycles. The van der Waals surface area contributed by atoms with Gasteiger partial charge in [-0.3, -0.25) is 14.4 Å². The Hall–Kier alpha value is -2.87. The molecule has 2 amide bonds. The summed E-state index contributed by atoms with van der Waals surface area (Å²) in [5.41, 5.74) is 0.889. The van der Waals surface area contributed by atoms with Crippen LogP contribution in [0.3, 0.4) is 0 Å². The van der Waals surface area contributed by atoms with Gasteiger partial charge in [0, 0.05) is 5.69 Å². The van der Waals surface area contributed by atoms with Crippen LogP contribution >= 0.6 is 11.8 Å². The summed E-state index contributed by atoms with van der Waals surface area (Å²) in [6.07, 6.45) is 0. The maximum atomic E-state index is 13.1.